The van der Waals surface area contributed by atoms with Gasteiger partial charge in [0, 0.05) is 51.1 Å². The van der Waals surface area contributed by atoms with Crippen LogP contribution in [0.25, 0.3) is 0 Å². The van der Waals surface area contributed by atoms with Crippen molar-refractivity contribution >= 4 is 0 Å². The van der Waals surface area contributed by atoms with Gasteiger partial charge in [-0.15, -0.1) is 0 Å². The number of ether oxygens (including phenoxy) is 4. The van der Waals surface area contributed by atoms with Crippen LogP contribution in [0.3, 0.4) is 0 Å². The van der Waals surface area contributed by atoms with Gasteiger partial charge in [-0.05, 0) is 27.4 Å². The average molecular weight is 526 g/mol. The monoisotopic (exact) mass is 525 g/mol. The Labute approximate surface area is 218 Å². The van der Waals surface area contributed by atoms with Gasteiger partial charge < -0.3 is 50.2 Å². The van der Waals surface area contributed by atoms with E-state index in [0.717, 1.165) is 18.5 Å². The molecule has 12 heteroatoms. The molecule has 0 amide bonds. The molecular formula is C25H43N5O7. The molecule has 3 heterocycles. The third kappa shape index (κ3) is 5.69. The molecule has 0 aromatic carbocycles. The minimum atomic E-state index is -2.17. The second-order valence-electron chi connectivity index (χ2n) is 10.3. The van der Waals surface area contributed by atoms with Gasteiger partial charge in [0.25, 0.3) is 0 Å². The highest BCUT2D eigenvalue weighted by atomic mass is 16.8. The van der Waals surface area contributed by atoms with Crippen molar-refractivity contribution < 1.29 is 34.3 Å². The molecule has 4 rings (SSSR count). The summed E-state index contributed by atoms with van der Waals surface area (Å²) in [6, 6.07) is -1.03. The third-order valence-corrected chi connectivity index (χ3v) is 7.72. The summed E-state index contributed by atoms with van der Waals surface area (Å²) in [7, 11) is 3.48. The van der Waals surface area contributed by atoms with Crippen LogP contribution in [0.2, 0.25) is 0 Å². The van der Waals surface area contributed by atoms with Gasteiger partial charge in [0.05, 0.1) is 30.0 Å². The minimum Gasteiger partial charge on any atom is -0.390 e. The summed E-state index contributed by atoms with van der Waals surface area (Å²) in [5.41, 5.74) is -0.898. The zero-order chi connectivity index (χ0) is 26.6. The highest BCUT2D eigenvalue weighted by molar-refractivity contribution is 5.13. The fourth-order valence-electron chi connectivity index (χ4n) is 5.74. The number of nitrogens with zero attached hydrogens (tertiary/aromatic N) is 2. The fraction of sp³-hybridized carbons (Fsp3) is 0.840. The molecule has 2 aliphatic heterocycles. The number of aliphatic hydroxyl groups is 3. The molecule has 6 N–H and O–H groups in total. The van der Waals surface area contributed by atoms with Crippen molar-refractivity contribution in [3.8, 4) is 0 Å². The molecule has 37 heavy (non-hydrogen) atoms. The molecule has 0 spiro atoms. The van der Waals surface area contributed by atoms with Crippen LogP contribution in [0.4, 0.5) is 0 Å². The number of aliphatic hydroxyl groups excluding tert-OH is 1. The van der Waals surface area contributed by atoms with E-state index in [-0.39, 0.29) is 13.0 Å². The fourth-order valence-corrected chi connectivity index (χ4v) is 5.74. The normalized spacial score (nSPS) is 41.7. The summed E-state index contributed by atoms with van der Waals surface area (Å²) >= 11 is 0. The molecule has 0 bridgehead atoms. The van der Waals surface area contributed by atoms with Gasteiger partial charge >= 0.3 is 0 Å². The molecule has 1 aromatic heterocycles. The first-order valence-corrected chi connectivity index (χ1v) is 13.3. The number of nitrogens with one attached hydrogen (secondary N) is 3. The predicted molar refractivity (Wildman–Crippen MR) is 134 cm³/mol. The van der Waals surface area contributed by atoms with Gasteiger partial charge in [-0.3, -0.25) is 9.97 Å². The van der Waals surface area contributed by atoms with E-state index in [2.05, 4.69) is 32.8 Å². The van der Waals surface area contributed by atoms with Crippen LogP contribution < -0.4 is 16.0 Å². The standard InChI is InChI=1S/C25H43N5O7/c1-5-6-11-34-20-17(26-3)19(31)18(27-4)21-22(20)36-23-25(33,37-21)24(32,12-15(2)35-23)14-29-8-7-16-13-28-9-10-30-16/h9-10,13,15,17-23,26-27,29,31-33H,5-8,11-12,14H2,1-4H3. The Balaban J connectivity index is 1.54. The molecule has 1 aliphatic carbocycles. The number of rotatable bonds is 11. The molecular weight excluding hydrogens is 482 g/mol. The summed E-state index contributed by atoms with van der Waals surface area (Å²) in [5, 5.41) is 44.3. The molecule has 3 fully saturated rings. The summed E-state index contributed by atoms with van der Waals surface area (Å²) in [5.74, 6) is -2.17. The van der Waals surface area contributed by atoms with Crippen molar-refractivity contribution in [3.05, 3.63) is 24.3 Å². The Morgan fingerprint density at radius 1 is 1.14 bits per heavy atom. The van der Waals surface area contributed by atoms with Crippen molar-refractivity contribution in [2.45, 2.75) is 99.8 Å². The lowest BCUT2D eigenvalue weighted by atomic mass is 9.77. The van der Waals surface area contributed by atoms with E-state index < -0.39 is 60.3 Å². The Bertz CT molecular complexity index is 856. The number of fused-ring (bicyclic) bond motifs is 2. The molecule has 3 aliphatic rings. The van der Waals surface area contributed by atoms with E-state index >= 15 is 0 Å². The number of hydrogen-bond acceptors (Lipinski definition) is 12. The molecule has 10 atom stereocenters. The van der Waals surface area contributed by atoms with Crippen LogP contribution >= 0.6 is 0 Å². The maximum absolute atomic E-state index is 11.9. The summed E-state index contributed by atoms with van der Waals surface area (Å²) in [6.07, 6.45) is 2.95. The molecule has 0 radical (unpaired) electrons. The quantitative estimate of drug-likeness (QED) is 0.190. The predicted octanol–water partition coefficient (Wildman–Crippen LogP) is -1.32. The van der Waals surface area contributed by atoms with E-state index in [1.807, 2.05) is 6.92 Å². The highest BCUT2D eigenvalue weighted by Crippen LogP contribution is 2.46. The van der Waals surface area contributed by atoms with E-state index in [0.29, 0.717) is 19.6 Å². The van der Waals surface area contributed by atoms with Crippen LogP contribution in [0.15, 0.2) is 18.6 Å². The first-order chi connectivity index (χ1) is 17.8. The lowest BCUT2D eigenvalue weighted by Gasteiger charge is -2.60. The van der Waals surface area contributed by atoms with Crippen molar-refractivity contribution in [2.75, 3.05) is 33.8 Å². The molecule has 10 unspecified atom stereocenters. The molecule has 210 valence electrons. The second-order valence-corrected chi connectivity index (χ2v) is 10.3. The molecule has 1 saturated carbocycles. The average Bonchev–Trinajstić information content (AvgIpc) is 2.88. The van der Waals surface area contributed by atoms with Gasteiger partial charge in [-0.25, -0.2) is 0 Å². The van der Waals surface area contributed by atoms with Crippen molar-refractivity contribution in [1.82, 2.24) is 25.9 Å². The molecule has 12 nitrogen and oxygen atoms in total. The summed E-state index contributed by atoms with van der Waals surface area (Å²) in [4.78, 5) is 8.33. The Morgan fingerprint density at radius 3 is 2.59 bits per heavy atom. The Hall–Kier alpha value is -1.32. The summed E-state index contributed by atoms with van der Waals surface area (Å²) in [6.45, 7) is 4.95. The van der Waals surface area contributed by atoms with Gasteiger partial charge in [-0.1, -0.05) is 13.3 Å². The largest absolute Gasteiger partial charge is 0.390 e. The lowest BCUT2D eigenvalue weighted by Crippen LogP contribution is -2.81. The van der Waals surface area contributed by atoms with Crippen LogP contribution in [0.1, 0.15) is 38.8 Å². The maximum Gasteiger partial charge on any atom is 0.249 e. The first-order valence-electron chi connectivity index (χ1n) is 13.3. The highest BCUT2D eigenvalue weighted by Gasteiger charge is 2.68. The van der Waals surface area contributed by atoms with Crippen LogP contribution in [0.5, 0.6) is 0 Å². The third-order valence-electron chi connectivity index (χ3n) is 7.72. The lowest BCUT2D eigenvalue weighted by molar-refractivity contribution is -0.482. The Morgan fingerprint density at radius 2 is 1.92 bits per heavy atom. The topological polar surface area (TPSA) is 159 Å². The first kappa shape index (κ1) is 28.7. The number of hydrogen-bond donors (Lipinski definition) is 6. The van der Waals surface area contributed by atoms with Crippen LogP contribution in [-0.4, -0.2) is 119 Å². The maximum atomic E-state index is 11.9. The van der Waals surface area contributed by atoms with E-state index in [9.17, 15) is 15.3 Å². The van der Waals surface area contributed by atoms with Gasteiger partial charge in [0.1, 0.15) is 23.9 Å². The van der Waals surface area contributed by atoms with Crippen molar-refractivity contribution in [1.29, 1.82) is 0 Å². The molecule has 2 saturated heterocycles. The zero-order valence-electron chi connectivity index (χ0n) is 22.2. The SMILES string of the molecule is CCCCOC1C(NC)C(O)C(NC)C2OC3(O)C(OC(C)CC3(O)CNCCc3cnccn3)OC12. The number of aromatic nitrogens is 2. The second kappa shape index (κ2) is 12.2. The van der Waals surface area contributed by atoms with Crippen molar-refractivity contribution in [3.63, 3.8) is 0 Å². The summed E-state index contributed by atoms with van der Waals surface area (Å²) < 4.78 is 24.9. The van der Waals surface area contributed by atoms with E-state index in [1.54, 1.807) is 32.7 Å². The van der Waals surface area contributed by atoms with Gasteiger partial charge in [0.2, 0.25) is 12.1 Å². The van der Waals surface area contributed by atoms with E-state index in [4.69, 9.17) is 18.9 Å². The van der Waals surface area contributed by atoms with Crippen molar-refractivity contribution in [2.24, 2.45) is 0 Å². The number of unbranched alkanes of at least 4 members (excludes halogenated alkanes) is 1. The van der Waals surface area contributed by atoms with Crippen LogP contribution in [-0.2, 0) is 25.4 Å². The van der Waals surface area contributed by atoms with Gasteiger partial charge in [0.15, 0.2) is 0 Å². The Kier molecular flexibility index (Phi) is 9.49. The number of likely N-dealkylation sites (N-methyl/N-ethyl adjacent to an activating group) is 2. The van der Waals surface area contributed by atoms with E-state index in [1.165, 1.54) is 0 Å². The minimum absolute atomic E-state index is 0.0387. The van der Waals surface area contributed by atoms with Gasteiger partial charge in [-0.2, -0.15) is 0 Å². The van der Waals surface area contributed by atoms with Crippen LogP contribution in [0, 0.1) is 0 Å². The smallest absolute Gasteiger partial charge is 0.249 e. The zero-order valence-corrected chi connectivity index (χ0v) is 22.2. The molecule has 1 aromatic rings.